The van der Waals surface area contributed by atoms with Gasteiger partial charge in [0, 0.05) is 11.9 Å². The third kappa shape index (κ3) is 3.21. The van der Waals surface area contributed by atoms with E-state index >= 15 is 0 Å². The van der Waals surface area contributed by atoms with E-state index in [4.69, 9.17) is 0 Å². The summed E-state index contributed by atoms with van der Waals surface area (Å²) in [4.78, 5) is 4.38. The lowest BCUT2D eigenvalue weighted by Crippen LogP contribution is -2.19. The number of aryl methyl sites for hydroxylation is 2. The highest BCUT2D eigenvalue weighted by atomic mass is 14.9. The van der Waals surface area contributed by atoms with Gasteiger partial charge in [0.1, 0.15) is 0 Å². The van der Waals surface area contributed by atoms with Crippen molar-refractivity contribution in [2.24, 2.45) is 0 Å². The molecule has 1 aromatic heterocycles. The molecule has 0 radical (unpaired) electrons. The molecule has 1 aromatic carbocycles. The molecule has 1 unspecified atom stereocenters. The SMILES string of the molecule is CCCc1ccc(C(NC)c2cccnc2C)cc1. The number of aromatic nitrogens is 1. The molecule has 2 heteroatoms. The van der Waals surface area contributed by atoms with Crippen LogP contribution in [-0.2, 0) is 6.42 Å². The first-order valence-electron chi connectivity index (χ1n) is 6.94. The van der Waals surface area contributed by atoms with E-state index in [9.17, 15) is 0 Å². The summed E-state index contributed by atoms with van der Waals surface area (Å²) in [6.45, 7) is 4.27. The number of nitrogens with zero attached hydrogens (tertiary/aromatic N) is 1. The summed E-state index contributed by atoms with van der Waals surface area (Å²) in [6, 6.07) is 13.3. The van der Waals surface area contributed by atoms with Crippen LogP contribution in [0.1, 0.15) is 41.8 Å². The number of benzene rings is 1. The van der Waals surface area contributed by atoms with E-state index in [1.807, 2.05) is 19.3 Å². The molecule has 1 heterocycles. The van der Waals surface area contributed by atoms with Gasteiger partial charge in [0.25, 0.3) is 0 Å². The Balaban J connectivity index is 2.29. The first-order chi connectivity index (χ1) is 9.26. The van der Waals surface area contributed by atoms with E-state index in [-0.39, 0.29) is 6.04 Å². The van der Waals surface area contributed by atoms with Crippen LogP contribution in [0.3, 0.4) is 0 Å². The molecule has 0 saturated heterocycles. The van der Waals surface area contributed by atoms with Gasteiger partial charge in [-0.2, -0.15) is 0 Å². The predicted molar refractivity (Wildman–Crippen MR) is 80.3 cm³/mol. The maximum Gasteiger partial charge on any atom is 0.0592 e. The van der Waals surface area contributed by atoms with Crippen molar-refractivity contribution in [2.45, 2.75) is 32.7 Å². The zero-order valence-electron chi connectivity index (χ0n) is 12.0. The van der Waals surface area contributed by atoms with Crippen molar-refractivity contribution in [3.8, 4) is 0 Å². The van der Waals surface area contributed by atoms with Crippen LogP contribution in [0, 0.1) is 6.92 Å². The molecule has 2 nitrogen and oxygen atoms in total. The highest BCUT2D eigenvalue weighted by Gasteiger charge is 2.14. The fourth-order valence-electron chi connectivity index (χ4n) is 2.47. The molecule has 0 fully saturated rings. The molecule has 100 valence electrons. The molecule has 0 amide bonds. The highest BCUT2D eigenvalue weighted by Crippen LogP contribution is 2.23. The van der Waals surface area contributed by atoms with E-state index in [1.54, 1.807) is 0 Å². The van der Waals surface area contributed by atoms with Crippen LogP contribution in [0.2, 0.25) is 0 Å². The quantitative estimate of drug-likeness (QED) is 0.881. The Bertz CT molecular complexity index is 517. The number of pyridine rings is 1. The summed E-state index contributed by atoms with van der Waals surface area (Å²) in [6.07, 6.45) is 4.18. The summed E-state index contributed by atoms with van der Waals surface area (Å²) in [7, 11) is 2.00. The third-order valence-electron chi connectivity index (χ3n) is 3.50. The molecular formula is C17H22N2. The van der Waals surface area contributed by atoms with Crippen molar-refractivity contribution < 1.29 is 0 Å². The molecule has 0 aliphatic rings. The Morgan fingerprint density at radius 3 is 2.47 bits per heavy atom. The Morgan fingerprint density at radius 2 is 1.89 bits per heavy atom. The second-order valence-electron chi connectivity index (χ2n) is 4.89. The van der Waals surface area contributed by atoms with Crippen LogP contribution in [-0.4, -0.2) is 12.0 Å². The maximum absolute atomic E-state index is 4.38. The van der Waals surface area contributed by atoms with Crippen molar-refractivity contribution in [3.63, 3.8) is 0 Å². The van der Waals surface area contributed by atoms with Gasteiger partial charge >= 0.3 is 0 Å². The van der Waals surface area contributed by atoms with E-state index in [0.717, 1.165) is 12.1 Å². The largest absolute Gasteiger partial charge is 0.309 e. The predicted octanol–water partition coefficient (Wildman–Crippen LogP) is 3.65. The smallest absolute Gasteiger partial charge is 0.0592 e. The van der Waals surface area contributed by atoms with E-state index < -0.39 is 0 Å². The molecule has 0 saturated carbocycles. The standard InChI is InChI=1S/C17H22N2/c1-4-6-14-8-10-15(11-9-14)17(18-3)16-7-5-12-19-13(16)2/h5,7-12,17-18H,4,6H2,1-3H3. The first kappa shape index (κ1) is 13.8. The van der Waals surface area contributed by atoms with Crippen LogP contribution < -0.4 is 5.32 Å². The van der Waals surface area contributed by atoms with E-state index in [1.165, 1.54) is 23.1 Å². The summed E-state index contributed by atoms with van der Waals surface area (Å²) in [5.74, 6) is 0. The maximum atomic E-state index is 4.38. The van der Waals surface area contributed by atoms with Crippen molar-refractivity contribution in [3.05, 3.63) is 65.0 Å². The minimum absolute atomic E-state index is 0.212. The molecule has 2 aromatic rings. The summed E-state index contributed by atoms with van der Waals surface area (Å²) < 4.78 is 0. The molecule has 0 aliphatic heterocycles. The van der Waals surface area contributed by atoms with Gasteiger partial charge in [-0.15, -0.1) is 0 Å². The normalized spacial score (nSPS) is 12.4. The topological polar surface area (TPSA) is 24.9 Å². The van der Waals surface area contributed by atoms with Gasteiger partial charge in [0.15, 0.2) is 0 Å². The minimum atomic E-state index is 0.212. The first-order valence-corrected chi connectivity index (χ1v) is 6.94. The number of nitrogens with one attached hydrogen (secondary N) is 1. The summed E-state index contributed by atoms with van der Waals surface area (Å²) >= 11 is 0. The van der Waals surface area contributed by atoms with Crippen LogP contribution in [0.15, 0.2) is 42.6 Å². The number of hydrogen-bond acceptors (Lipinski definition) is 2. The minimum Gasteiger partial charge on any atom is -0.309 e. The average Bonchev–Trinajstić information content (AvgIpc) is 2.44. The Hall–Kier alpha value is -1.67. The Labute approximate surface area is 115 Å². The van der Waals surface area contributed by atoms with Gasteiger partial charge in [-0.25, -0.2) is 0 Å². The van der Waals surface area contributed by atoms with Gasteiger partial charge in [0.05, 0.1) is 6.04 Å². The van der Waals surface area contributed by atoms with Crippen LogP contribution in [0.4, 0.5) is 0 Å². The molecule has 19 heavy (non-hydrogen) atoms. The van der Waals surface area contributed by atoms with Gasteiger partial charge < -0.3 is 5.32 Å². The Kier molecular flexibility index (Phi) is 4.69. The van der Waals surface area contributed by atoms with Crippen LogP contribution >= 0.6 is 0 Å². The molecule has 1 atom stereocenters. The Morgan fingerprint density at radius 1 is 1.16 bits per heavy atom. The lowest BCUT2D eigenvalue weighted by atomic mass is 9.96. The van der Waals surface area contributed by atoms with Crippen molar-refractivity contribution >= 4 is 0 Å². The second-order valence-corrected chi connectivity index (χ2v) is 4.89. The van der Waals surface area contributed by atoms with E-state index in [0.29, 0.717) is 0 Å². The van der Waals surface area contributed by atoms with Gasteiger partial charge in [-0.05, 0) is 43.1 Å². The number of rotatable bonds is 5. The van der Waals surface area contributed by atoms with Gasteiger partial charge in [0.2, 0.25) is 0 Å². The molecule has 1 N–H and O–H groups in total. The number of hydrogen-bond donors (Lipinski definition) is 1. The fraction of sp³-hybridized carbons (Fsp3) is 0.353. The van der Waals surface area contributed by atoms with E-state index in [2.05, 4.69) is 54.5 Å². The fourth-order valence-corrected chi connectivity index (χ4v) is 2.47. The molecule has 0 spiro atoms. The van der Waals surface area contributed by atoms with Crippen LogP contribution in [0.25, 0.3) is 0 Å². The molecule has 0 aliphatic carbocycles. The second kappa shape index (κ2) is 6.48. The van der Waals surface area contributed by atoms with Gasteiger partial charge in [-0.1, -0.05) is 43.7 Å². The molecule has 0 bridgehead atoms. The van der Waals surface area contributed by atoms with Crippen molar-refractivity contribution in [2.75, 3.05) is 7.05 Å². The molecule has 2 rings (SSSR count). The van der Waals surface area contributed by atoms with Crippen LogP contribution in [0.5, 0.6) is 0 Å². The third-order valence-corrected chi connectivity index (χ3v) is 3.50. The zero-order chi connectivity index (χ0) is 13.7. The molecular weight excluding hydrogens is 232 g/mol. The van der Waals surface area contributed by atoms with Crippen molar-refractivity contribution in [1.29, 1.82) is 0 Å². The zero-order valence-corrected chi connectivity index (χ0v) is 12.0. The summed E-state index contributed by atoms with van der Waals surface area (Å²) in [5, 5.41) is 3.39. The monoisotopic (exact) mass is 254 g/mol. The van der Waals surface area contributed by atoms with Gasteiger partial charge in [-0.3, -0.25) is 4.98 Å². The average molecular weight is 254 g/mol. The summed E-state index contributed by atoms with van der Waals surface area (Å²) in [5.41, 5.74) is 5.02. The highest BCUT2D eigenvalue weighted by molar-refractivity contribution is 5.35. The lowest BCUT2D eigenvalue weighted by molar-refractivity contribution is 0.682. The van der Waals surface area contributed by atoms with Crippen molar-refractivity contribution in [1.82, 2.24) is 10.3 Å². The lowest BCUT2D eigenvalue weighted by Gasteiger charge is -2.19.